The summed E-state index contributed by atoms with van der Waals surface area (Å²) in [5, 5.41) is 5.55. The largest absolute Gasteiger partial charge is 0.372 e. The summed E-state index contributed by atoms with van der Waals surface area (Å²) >= 11 is 0. The molecule has 0 aromatic heterocycles. The van der Waals surface area contributed by atoms with Gasteiger partial charge in [0, 0.05) is 30.0 Å². The molecule has 2 heterocycles. The summed E-state index contributed by atoms with van der Waals surface area (Å²) in [6.45, 7) is 5.70. The smallest absolute Gasteiger partial charge is 0.325 e. The number of hydrogen-bond donors (Lipinski definition) is 2. The molecule has 4 amide bonds. The molecular weight excluding hydrogens is 380 g/mol. The molecule has 2 aromatic carbocycles. The summed E-state index contributed by atoms with van der Waals surface area (Å²) < 4.78 is 0. The lowest BCUT2D eigenvalue weighted by atomic mass is 10.1. The summed E-state index contributed by atoms with van der Waals surface area (Å²) in [5.41, 5.74) is 2.34. The molecule has 7 nitrogen and oxygen atoms in total. The van der Waals surface area contributed by atoms with Crippen molar-refractivity contribution in [2.24, 2.45) is 0 Å². The Bertz CT molecular complexity index is 961. The number of benzene rings is 2. The van der Waals surface area contributed by atoms with E-state index < -0.39 is 5.54 Å². The number of hydrogen-bond acceptors (Lipinski definition) is 4. The molecule has 0 saturated carbocycles. The van der Waals surface area contributed by atoms with Crippen molar-refractivity contribution in [3.63, 3.8) is 0 Å². The minimum absolute atomic E-state index is 0.174. The van der Waals surface area contributed by atoms with E-state index in [2.05, 4.69) is 15.5 Å². The molecule has 7 heteroatoms. The van der Waals surface area contributed by atoms with E-state index in [-0.39, 0.29) is 24.4 Å². The van der Waals surface area contributed by atoms with Gasteiger partial charge in [0.1, 0.15) is 5.54 Å². The second-order valence-corrected chi connectivity index (χ2v) is 8.34. The molecule has 0 atom stereocenters. The zero-order chi connectivity index (χ0) is 21.3. The zero-order valence-electron chi connectivity index (χ0n) is 17.3. The first kappa shape index (κ1) is 19.9. The predicted molar refractivity (Wildman–Crippen MR) is 115 cm³/mol. The maximum atomic E-state index is 12.5. The van der Waals surface area contributed by atoms with Crippen molar-refractivity contribution in [3.05, 3.63) is 59.7 Å². The second-order valence-electron chi connectivity index (χ2n) is 8.34. The summed E-state index contributed by atoms with van der Waals surface area (Å²) in [6, 6.07) is 14.4. The van der Waals surface area contributed by atoms with E-state index in [4.69, 9.17) is 0 Å². The molecule has 2 N–H and O–H groups in total. The molecule has 2 aliphatic heterocycles. The Morgan fingerprint density at radius 3 is 2.20 bits per heavy atom. The van der Waals surface area contributed by atoms with Crippen molar-refractivity contribution in [2.75, 3.05) is 23.3 Å². The van der Waals surface area contributed by atoms with Gasteiger partial charge in [-0.1, -0.05) is 12.1 Å². The molecule has 2 aliphatic rings. The van der Waals surface area contributed by atoms with Gasteiger partial charge in [0.2, 0.25) is 0 Å². The number of imide groups is 1. The highest BCUT2D eigenvalue weighted by Gasteiger charge is 2.44. The van der Waals surface area contributed by atoms with Crippen LogP contribution < -0.4 is 15.5 Å². The number of nitrogens with one attached hydrogen (secondary N) is 2. The van der Waals surface area contributed by atoms with E-state index in [9.17, 15) is 14.4 Å². The van der Waals surface area contributed by atoms with Crippen molar-refractivity contribution in [1.82, 2.24) is 10.2 Å². The molecule has 4 rings (SSSR count). The van der Waals surface area contributed by atoms with Gasteiger partial charge in [0.25, 0.3) is 11.8 Å². The molecule has 2 fully saturated rings. The molecule has 0 spiro atoms. The molecule has 0 bridgehead atoms. The fraction of sp³-hybridized carbons (Fsp3) is 0.348. The van der Waals surface area contributed by atoms with Crippen LogP contribution in [0.4, 0.5) is 16.2 Å². The normalized spacial score (nSPS) is 17.9. The first-order valence-electron chi connectivity index (χ1n) is 10.2. The van der Waals surface area contributed by atoms with Crippen LogP contribution in [0.15, 0.2) is 48.5 Å². The number of urea groups is 1. The maximum absolute atomic E-state index is 12.5. The van der Waals surface area contributed by atoms with Crippen molar-refractivity contribution < 1.29 is 14.4 Å². The van der Waals surface area contributed by atoms with E-state index in [1.54, 1.807) is 38.1 Å². The van der Waals surface area contributed by atoms with Crippen molar-refractivity contribution in [2.45, 2.75) is 38.8 Å². The monoisotopic (exact) mass is 406 g/mol. The average Bonchev–Trinajstić information content (AvgIpc) is 3.33. The number of carbonyl (C=O) groups is 3. The van der Waals surface area contributed by atoms with Crippen molar-refractivity contribution in [3.8, 4) is 0 Å². The lowest BCUT2D eigenvalue weighted by Crippen LogP contribution is -2.40. The summed E-state index contributed by atoms with van der Waals surface area (Å²) in [6.07, 6.45) is 2.43. The van der Waals surface area contributed by atoms with Crippen LogP contribution in [0, 0.1) is 0 Å². The first-order chi connectivity index (χ1) is 14.3. The van der Waals surface area contributed by atoms with Gasteiger partial charge in [-0.3, -0.25) is 14.5 Å². The van der Waals surface area contributed by atoms with Crippen LogP contribution in [0.1, 0.15) is 42.6 Å². The van der Waals surface area contributed by atoms with Crippen LogP contribution in [0.5, 0.6) is 0 Å². The molecule has 156 valence electrons. The quantitative estimate of drug-likeness (QED) is 0.746. The molecule has 30 heavy (non-hydrogen) atoms. The van der Waals surface area contributed by atoms with Crippen LogP contribution in [0.2, 0.25) is 0 Å². The van der Waals surface area contributed by atoms with E-state index in [1.807, 2.05) is 24.3 Å². The highest BCUT2D eigenvalue weighted by molar-refractivity contribution is 6.06. The lowest BCUT2D eigenvalue weighted by molar-refractivity contribution is -0.130. The average molecular weight is 406 g/mol. The van der Waals surface area contributed by atoms with E-state index in [1.165, 1.54) is 17.7 Å². The standard InChI is InChI=1S/C23H26N4O3/c1-23(2)21(29)27(22(30)25-23)15-16-5-9-18(10-6-16)24-20(28)17-7-11-19(12-8-17)26-13-3-4-14-26/h5-12H,3-4,13-15H2,1-2H3,(H,24,28)(H,25,30). The second kappa shape index (κ2) is 7.82. The molecule has 0 aliphatic carbocycles. The van der Waals surface area contributed by atoms with Crippen LogP contribution in [0.25, 0.3) is 0 Å². The lowest BCUT2D eigenvalue weighted by Gasteiger charge is -2.17. The van der Waals surface area contributed by atoms with Gasteiger partial charge in [-0.05, 0) is 68.7 Å². The van der Waals surface area contributed by atoms with E-state index in [0.717, 1.165) is 24.3 Å². The summed E-state index contributed by atoms with van der Waals surface area (Å²) in [7, 11) is 0. The Hall–Kier alpha value is -3.35. The number of carbonyl (C=O) groups excluding carboxylic acids is 3. The Kier molecular flexibility index (Phi) is 5.20. The fourth-order valence-corrected chi connectivity index (χ4v) is 3.84. The topological polar surface area (TPSA) is 81.8 Å². The minimum Gasteiger partial charge on any atom is -0.372 e. The highest BCUT2D eigenvalue weighted by atomic mass is 16.2. The Labute approximate surface area is 176 Å². The van der Waals surface area contributed by atoms with Gasteiger partial charge in [0.15, 0.2) is 0 Å². The molecular formula is C23H26N4O3. The summed E-state index contributed by atoms with van der Waals surface area (Å²) in [4.78, 5) is 40.4. The highest BCUT2D eigenvalue weighted by Crippen LogP contribution is 2.22. The molecule has 2 aromatic rings. The van der Waals surface area contributed by atoms with Gasteiger partial charge >= 0.3 is 6.03 Å². The van der Waals surface area contributed by atoms with E-state index >= 15 is 0 Å². The van der Waals surface area contributed by atoms with E-state index in [0.29, 0.717) is 11.3 Å². The van der Waals surface area contributed by atoms with Crippen LogP contribution >= 0.6 is 0 Å². The number of amides is 4. The van der Waals surface area contributed by atoms with Gasteiger partial charge in [-0.15, -0.1) is 0 Å². The molecule has 0 unspecified atom stereocenters. The van der Waals surface area contributed by atoms with Gasteiger partial charge in [0.05, 0.1) is 6.54 Å². The first-order valence-corrected chi connectivity index (χ1v) is 10.2. The third-order valence-electron chi connectivity index (χ3n) is 5.60. The SMILES string of the molecule is CC1(C)NC(=O)N(Cc2ccc(NC(=O)c3ccc(N4CCCC4)cc3)cc2)C1=O. The van der Waals surface area contributed by atoms with Crippen molar-refractivity contribution >= 4 is 29.2 Å². The van der Waals surface area contributed by atoms with Gasteiger partial charge < -0.3 is 15.5 Å². The molecule has 0 radical (unpaired) electrons. The minimum atomic E-state index is -0.880. The number of nitrogens with zero attached hydrogens (tertiary/aromatic N) is 2. The fourth-order valence-electron chi connectivity index (χ4n) is 3.84. The third kappa shape index (κ3) is 4.01. The van der Waals surface area contributed by atoms with Crippen LogP contribution in [-0.2, 0) is 11.3 Å². The molecule has 2 saturated heterocycles. The van der Waals surface area contributed by atoms with Crippen LogP contribution in [-0.4, -0.2) is 41.4 Å². The predicted octanol–water partition coefficient (Wildman–Crippen LogP) is 3.37. The zero-order valence-corrected chi connectivity index (χ0v) is 17.3. The summed E-state index contributed by atoms with van der Waals surface area (Å²) in [5.74, 6) is -0.422. The Morgan fingerprint density at radius 1 is 1.00 bits per heavy atom. The Morgan fingerprint density at radius 2 is 1.63 bits per heavy atom. The van der Waals surface area contributed by atoms with Crippen LogP contribution in [0.3, 0.4) is 0 Å². The van der Waals surface area contributed by atoms with Gasteiger partial charge in [-0.2, -0.15) is 0 Å². The van der Waals surface area contributed by atoms with Gasteiger partial charge in [-0.25, -0.2) is 4.79 Å². The third-order valence-corrected chi connectivity index (χ3v) is 5.60. The van der Waals surface area contributed by atoms with Crippen molar-refractivity contribution in [1.29, 1.82) is 0 Å². The maximum Gasteiger partial charge on any atom is 0.325 e. The Balaban J connectivity index is 1.37. The number of anilines is 2. The number of rotatable bonds is 5.